The van der Waals surface area contributed by atoms with Gasteiger partial charge >= 0.3 is 0 Å². The second-order valence-electron chi connectivity index (χ2n) is 20.0. The largest absolute Gasteiger partial charge is 0.456 e. The normalized spacial score (nSPS) is 17.7. The van der Waals surface area contributed by atoms with E-state index in [1.807, 2.05) is 12.1 Å². The van der Waals surface area contributed by atoms with E-state index in [2.05, 4.69) is 167 Å². The number of fused-ring (bicyclic) bond motifs is 18. The van der Waals surface area contributed by atoms with Crippen LogP contribution >= 0.6 is 0 Å². The number of aryl methyl sites for hydroxylation is 3. The summed E-state index contributed by atoms with van der Waals surface area (Å²) >= 11 is 0. The van der Waals surface area contributed by atoms with Crippen molar-refractivity contribution in [3.05, 3.63) is 160 Å². The molecular formula is C61H43N3O2. The van der Waals surface area contributed by atoms with Crippen LogP contribution in [0.15, 0.2) is 130 Å². The molecule has 14 rings (SSSR count). The van der Waals surface area contributed by atoms with Crippen molar-refractivity contribution in [2.45, 2.75) is 65.7 Å². The summed E-state index contributed by atoms with van der Waals surface area (Å²) in [4.78, 5) is 0. The van der Waals surface area contributed by atoms with Gasteiger partial charge in [-0.3, -0.25) is 0 Å². The van der Waals surface area contributed by atoms with E-state index in [-0.39, 0.29) is 16.7 Å². The zero-order chi connectivity index (χ0) is 44.7. The van der Waals surface area contributed by atoms with Crippen molar-refractivity contribution in [2.24, 2.45) is 5.41 Å². The SMILES string of the molecule is Cc1cccc(C)c1-c1c(C#N)cc2c(c1C)c1c(-c3cccc4oc5ccccc5c34)cc(-c3cccc4oc5ccccc5c34)c3c4c5c(c(C#N)cc4n2c13)C1CCC5(C)C1(C)C. The number of rotatable bonds is 3. The molecule has 8 aromatic carbocycles. The zero-order valence-corrected chi connectivity index (χ0v) is 37.7. The first-order chi connectivity index (χ1) is 32.1. The van der Waals surface area contributed by atoms with Crippen LogP contribution in [-0.4, -0.2) is 4.40 Å². The first kappa shape index (κ1) is 37.5. The van der Waals surface area contributed by atoms with Gasteiger partial charge in [0, 0.05) is 48.7 Å². The molecule has 66 heavy (non-hydrogen) atoms. The lowest BCUT2D eigenvalue weighted by Crippen LogP contribution is -2.31. The van der Waals surface area contributed by atoms with Crippen LogP contribution in [-0.2, 0) is 5.41 Å². The molecule has 2 bridgehead atoms. The van der Waals surface area contributed by atoms with E-state index >= 15 is 0 Å². The van der Waals surface area contributed by atoms with Gasteiger partial charge in [-0.05, 0) is 148 Å². The molecule has 2 unspecified atom stereocenters. The van der Waals surface area contributed by atoms with Gasteiger partial charge in [0.1, 0.15) is 22.3 Å². The number of benzene rings is 8. The minimum absolute atomic E-state index is 0.0573. The Labute approximate surface area is 381 Å². The molecular weight excluding hydrogens is 807 g/mol. The highest BCUT2D eigenvalue weighted by atomic mass is 16.3. The van der Waals surface area contributed by atoms with Crippen molar-refractivity contribution in [1.29, 1.82) is 10.5 Å². The first-order valence-electron chi connectivity index (χ1n) is 23.1. The molecule has 4 heterocycles. The van der Waals surface area contributed by atoms with Crippen LogP contribution in [0, 0.1) is 48.8 Å². The number of para-hydroxylation sites is 2. The van der Waals surface area contributed by atoms with Gasteiger partial charge in [0.15, 0.2) is 0 Å². The molecule has 0 spiro atoms. The van der Waals surface area contributed by atoms with Crippen molar-refractivity contribution < 1.29 is 8.83 Å². The maximum atomic E-state index is 11.2. The highest BCUT2D eigenvalue weighted by Crippen LogP contribution is 2.70. The monoisotopic (exact) mass is 849 g/mol. The van der Waals surface area contributed by atoms with E-state index in [0.29, 0.717) is 5.56 Å². The molecule has 0 N–H and O–H groups in total. The van der Waals surface area contributed by atoms with Gasteiger partial charge in [-0.15, -0.1) is 0 Å². The van der Waals surface area contributed by atoms with Gasteiger partial charge in [-0.1, -0.05) is 99.6 Å². The Morgan fingerprint density at radius 2 is 1.08 bits per heavy atom. The number of furan rings is 2. The lowest BCUT2D eigenvalue weighted by atomic mass is 9.68. The van der Waals surface area contributed by atoms with E-state index in [1.54, 1.807) is 0 Å². The van der Waals surface area contributed by atoms with Crippen molar-refractivity contribution in [3.8, 4) is 45.5 Å². The Hall–Kier alpha value is -7.86. The van der Waals surface area contributed by atoms with Crippen molar-refractivity contribution in [3.63, 3.8) is 0 Å². The second-order valence-corrected chi connectivity index (χ2v) is 20.0. The van der Waals surface area contributed by atoms with Crippen LogP contribution < -0.4 is 0 Å². The third-order valence-electron chi connectivity index (χ3n) is 16.9. The minimum atomic E-state index is -0.176. The molecule has 5 nitrogen and oxygen atoms in total. The standard InChI is InChI=1S/C61H43N3O2/c1-31-14-11-15-32(2)49(31)50-33(3)51-43(26-34(50)29-62)64-44-27-35(30-63)52-42-24-25-61(6,60(42,4)5)58(52)57(44)56-41(37-19-13-23-48-54(37)39-17-8-10-21-46(39)66-48)28-40(55(51)59(56)64)36-18-12-22-47-53(36)38-16-7-9-20-45(38)65-47/h7-23,26-28,42H,24-25H2,1-6H3. The van der Waals surface area contributed by atoms with Gasteiger partial charge in [0.2, 0.25) is 0 Å². The number of nitrogens with zero attached hydrogens (tertiary/aromatic N) is 3. The van der Waals surface area contributed by atoms with Crippen LogP contribution in [0.25, 0.3) is 115 Å². The Kier molecular flexibility index (Phi) is 7.09. The lowest BCUT2D eigenvalue weighted by Gasteiger charge is -2.35. The maximum Gasteiger partial charge on any atom is 0.136 e. The highest BCUT2D eigenvalue weighted by molar-refractivity contribution is 6.34. The molecule has 2 atom stereocenters. The molecule has 4 aromatic heterocycles. The summed E-state index contributed by atoms with van der Waals surface area (Å²) in [5.41, 5.74) is 20.0. The third-order valence-corrected chi connectivity index (χ3v) is 16.9. The lowest BCUT2D eigenvalue weighted by molar-refractivity contribution is 0.232. The third kappa shape index (κ3) is 4.30. The minimum Gasteiger partial charge on any atom is -0.456 e. The summed E-state index contributed by atoms with van der Waals surface area (Å²) in [6.07, 6.45) is 2.12. The van der Waals surface area contributed by atoms with Crippen molar-refractivity contribution >= 4 is 82.0 Å². The summed E-state index contributed by atoms with van der Waals surface area (Å²) in [6, 6.07) is 48.3. The molecule has 2 aliphatic rings. The fourth-order valence-corrected chi connectivity index (χ4v) is 13.7. The summed E-state index contributed by atoms with van der Waals surface area (Å²) in [5, 5.41) is 31.4. The first-order valence-corrected chi connectivity index (χ1v) is 23.1. The fraction of sp³-hybridized carbons (Fsp3) is 0.180. The Morgan fingerprint density at radius 1 is 0.545 bits per heavy atom. The molecule has 0 radical (unpaired) electrons. The maximum absolute atomic E-state index is 11.2. The molecule has 5 heteroatoms. The second kappa shape index (κ2) is 12.5. The Bertz CT molecular complexity index is 4270. The molecule has 0 aliphatic heterocycles. The summed E-state index contributed by atoms with van der Waals surface area (Å²) in [6.45, 7) is 13.8. The molecule has 1 fully saturated rings. The van der Waals surface area contributed by atoms with E-state index in [0.717, 1.165) is 140 Å². The van der Waals surface area contributed by atoms with Crippen molar-refractivity contribution in [2.75, 3.05) is 0 Å². The smallest absolute Gasteiger partial charge is 0.136 e. The summed E-state index contributed by atoms with van der Waals surface area (Å²) < 4.78 is 15.7. The fourth-order valence-electron chi connectivity index (χ4n) is 13.7. The Balaban J connectivity index is 1.30. The highest BCUT2D eigenvalue weighted by Gasteiger charge is 2.61. The topological polar surface area (TPSA) is 78.3 Å². The van der Waals surface area contributed by atoms with Crippen molar-refractivity contribution in [1.82, 2.24) is 4.40 Å². The van der Waals surface area contributed by atoms with Gasteiger partial charge in [-0.2, -0.15) is 10.5 Å². The van der Waals surface area contributed by atoms with Crippen LogP contribution in [0.1, 0.15) is 78.5 Å². The molecule has 0 saturated heterocycles. The van der Waals surface area contributed by atoms with Crippen LogP contribution in [0.4, 0.5) is 0 Å². The predicted octanol–water partition coefficient (Wildman–Crippen LogP) is 16.5. The van der Waals surface area contributed by atoms with E-state index in [1.165, 1.54) is 21.9 Å². The molecule has 1 saturated carbocycles. The molecule has 314 valence electrons. The molecule has 2 aliphatic carbocycles. The number of hydrogen-bond donors (Lipinski definition) is 0. The number of nitriles is 2. The van der Waals surface area contributed by atoms with Gasteiger partial charge < -0.3 is 13.2 Å². The number of aromatic nitrogens is 1. The van der Waals surface area contributed by atoms with E-state index in [4.69, 9.17) is 8.83 Å². The van der Waals surface area contributed by atoms with Crippen LogP contribution in [0.5, 0.6) is 0 Å². The van der Waals surface area contributed by atoms with Crippen LogP contribution in [0.2, 0.25) is 0 Å². The molecule has 12 aromatic rings. The van der Waals surface area contributed by atoms with Gasteiger partial charge in [0.05, 0.1) is 39.8 Å². The average molecular weight is 850 g/mol. The Morgan fingerprint density at radius 3 is 1.68 bits per heavy atom. The number of hydrogen-bond acceptors (Lipinski definition) is 4. The van der Waals surface area contributed by atoms with Gasteiger partial charge in [0.25, 0.3) is 0 Å². The van der Waals surface area contributed by atoms with Crippen LogP contribution in [0.3, 0.4) is 0 Å². The zero-order valence-electron chi connectivity index (χ0n) is 37.7. The summed E-state index contributed by atoms with van der Waals surface area (Å²) in [5.74, 6) is 0.271. The molecule has 0 amide bonds. The quantitative estimate of drug-likeness (QED) is 0.177. The van der Waals surface area contributed by atoms with Gasteiger partial charge in [-0.25, -0.2) is 0 Å². The average Bonchev–Trinajstić information content (AvgIpc) is 4.14. The predicted molar refractivity (Wildman–Crippen MR) is 269 cm³/mol. The van der Waals surface area contributed by atoms with E-state index < -0.39 is 0 Å². The summed E-state index contributed by atoms with van der Waals surface area (Å²) in [7, 11) is 0. The van der Waals surface area contributed by atoms with E-state index in [9.17, 15) is 10.5 Å².